The van der Waals surface area contributed by atoms with Crippen molar-refractivity contribution in [2.24, 2.45) is 0 Å². The number of benzene rings is 2. The molecule has 5 heteroatoms. The average molecular weight is 408 g/mol. The average Bonchev–Trinajstić information content (AvgIpc) is 3.02. The minimum atomic E-state index is -3.14. The molecule has 0 radical (unpaired) electrons. The molecule has 0 spiro atoms. The van der Waals surface area contributed by atoms with Gasteiger partial charge in [0.2, 0.25) is 0 Å². The molecule has 0 unspecified atom stereocenters. The summed E-state index contributed by atoms with van der Waals surface area (Å²) in [7, 11) is -3.14. The Kier molecular flexibility index (Phi) is 4.87. The van der Waals surface area contributed by atoms with Crippen LogP contribution in [0.5, 0.6) is 0 Å². The van der Waals surface area contributed by atoms with Gasteiger partial charge in [-0.3, -0.25) is 4.90 Å². The molecule has 1 fully saturated rings. The van der Waals surface area contributed by atoms with Crippen LogP contribution >= 0.6 is 17.0 Å². The van der Waals surface area contributed by atoms with Gasteiger partial charge in [-0.2, -0.15) is 0 Å². The van der Waals surface area contributed by atoms with Gasteiger partial charge >= 0.3 is 0 Å². The van der Waals surface area contributed by atoms with Crippen molar-refractivity contribution in [2.45, 2.75) is 29.7 Å². The zero-order chi connectivity index (χ0) is 16.0. The van der Waals surface area contributed by atoms with Crippen LogP contribution in [0.2, 0.25) is 0 Å². The molecular formula is C19H22BrNO2S. The van der Waals surface area contributed by atoms with E-state index in [0.29, 0.717) is 16.9 Å². The zero-order valence-electron chi connectivity index (χ0n) is 13.7. The first-order valence-corrected chi connectivity index (χ1v) is 10.1. The lowest BCUT2D eigenvalue weighted by Gasteiger charge is -2.37. The topological polar surface area (TPSA) is 37.4 Å². The summed E-state index contributed by atoms with van der Waals surface area (Å²) in [4.78, 5) is 2.97. The second-order valence-corrected chi connectivity index (χ2v) is 8.69. The lowest BCUT2D eigenvalue weighted by molar-refractivity contribution is 0.230. The van der Waals surface area contributed by atoms with Gasteiger partial charge in [0, 0.05) is 24.8 Å². The van der Waals surface area contributed by atoms with E-state index in [0.717, 1.165) is 13.1 Å². The summed E-state index contributed by atoms with van der Waals surface area (Å²) in [5, 5.41) is 0. The van der Waals surface area contributed by atoms with Crippen LogP contribution in [0.3, 0.4) is 0 Å². The van der Waals surface area contributed by atoms with Crippen molar-refractivity contribution < 1.29 is 8.42 Å². The standard InChI is InChI=1S/C19H21NO2S.BrH/c1-23(21,22)15-10-8-14(9-11-15)18-13-20-12-4-7-19(20)17-6-3-2-5-16(17)18;/h2-3,5-6,8-11,18-19H,4,7,12-13H2,1H3;1H/t18-,19-;/m0./s1. The Balaban J connectivity index is 0.00000169. The summed E-state index contributed by atoms with van der Waals surface area (Å²) in [6.45, 7) is 2.19. The molecular weight excluding hydrogens is 386 g/mol. The molecule has 2 aromatic carbocycles. The number of rotatable bonds is 2. The van der Waals surface area contributed by atoms with E-state index in [1.807, 2.05) is 12.1 Å². The van der Waals surface area contributed by atoms with Gasteiger partial charge in [-0.25, -0.2) is 8.42 Å². The van der Waals surface area contributed by atoms with E-state index in [-0.39, 0.29) is 17.0 Å². The van der Waals surface area contributed by atoms with Crippen LogP contribution in [0, 0.1) is 0 Å². The molecule has 0 bridgehead atoms. The molecule has 2 aromatic rings. The van der Waals surface area contributed by atoms with Gasteiger partial charge in [0.25, 0.3) is 0 Å². The number of fused-ring (bicyclic) bond motifs is 3. The third-order valence-corrected chi connectivity index (χ3v) is 6.35. The number of hydrogen-bond donors (Lipinski definition) is 0. The molecule has 24 heavy (non-hydrogen) atoms. The lowest BCUT2D eigenvalue weighted by atomic mass is 9.82. The zero-order valence-corrected chi connectivity index (χ0v) is 16.2. The van der Waals surface area contributed by atoms with Crippen molar-refractivity contribution in [1.82, 2.24) is 4.90 Å². The van der Waals surface area contributed by atoms with Gasteiger partial charge in [0.1, 0.15) is 0 Å². The van der Waals surface area contributed by atoms with Gasteiger partial charge in [0.15, 0.2) is 9.84 Å². The van der Waals surface area contributed by atoms with E-state index in [4.69, 9.17) is 0 Å². The fourth-order valence-corrected chi connectivity index (χ4v) is 4.72. The molecule has 0 aromatic heterocycles. The lowest BCUT2D eigenvalue weighted by Crippen LogP contribution is -2.34. The minimum Gasteiger partial charge on any atom is -0.295 e. The molecule has 2 aliphatic heterocycles. The number of sulfone groups is 1. The van der Waals surface area contributed by atoms with Crippen molar-refractivity contribution in [1.29, 1.82) is 0 Å². The Hall–Kier alpha value is -1.17. The van der Waals surface area contributed by atoms with Crippen LogP contribution in [0.25, 0.3) is 0 Å². The Morgan fingerprint density at radius 2 is 1.67 bits per heavy atom. The molecule has 2 aliphatic rings. The second-order valence-electron chi connectivity index (χ2n) is 6.68. The molecule has 2 heterocycles. The minimum absolute atomic E-state index is 0. The summed E-state index contributed by atoms with van der Waals surface area (Å²) < 4.78 is 23.3. The summed E-state index contributed by atoms with van der Waals surface area (Å²) in [6, 6.07) is 16.7. The molecule has 1 saturated heterocycles. The first kappa shape index (κ1) is 17.6. The maximum atomic E-state index is 11.7. The van der Waals surface area contributed by atoms with Crippen LogP contribution in [-0.2, 0) is 9.84 Å². The monoisotopic (exact) mass is 407 g/mol. The van der Waals surface area contributed by atoms with E-state index in [1.54, 1.807) is 12.1 Å². The van der Waals surface area contributed by atoms with E-state index >= 15 is 0 Å². The van der Waals surface area contributed by atoms with Crippen molar-refractivity contribution in [3.05, 3.63) is 65.2 Å². The maximum absolute atomic E-state index is 11.7. The van der Waals surface area contributed by atoms with E-state index in [1.165, 1.54) is 35.8 Å². The highest BCUT2D eigenvalue weighted by Crippen LogP contribution is 2.44. The van der Waals surface area contributed by atoms with Crippen molar-refractivity contribution in [3.8, 4) is 0 Å². The van der Waals surface area contributed by atoms with Gasteiger partial charge < -0.3 is 0 Å². The fraction of sp³-hybridized carbons (Fsp3) is 0.368. The van der Waals surface area contributed by atoms with Gasteiger partial charge in [-0.15, -0.1) is 17.0 Å². The smallest absolute Gasteiger partial charge is 0.175 e. The summed E-state index contributed by atoms with van der Waals surface area (Å²) in [6.07, 6.45) is 3.77. The highest BCUT2D eigenvalue weighted by Gasteiger charge is 2.36. The number of nitrogens with zero attached hydrogens (tertiary/aromatic N) is 1. The van der Waals surface area contributed by atoms with Crippen LogP contribution in [0.4, 0.5) is 0 Å². The SMILES string of the molecule is Br.CS(=O)(=O)c1ccc([C@@H]2CN3CCC[C@H]3c3ccccc32)cc1. The molecule has 3 nitrogen and oxygen atoms in total. The van der Waals surface area contributed by atoms with Crippen molar-refractivity contribution >= 4 is 26.8 Å². The Labute approximate surface area is 154 Å². The fourth-order valence-electron chi connectivity index (χ4n) is 4.09. The third kappa shape index (κ3) is 3.05. The molecule has 0 saturated carbocycles. The molecule has 0 amide bonds. The molecule has 0 aliphatic carbocycles. The van der Waals surface area contributed by atoms with E-state index < -0.39 is 9.84 Å². The predicted octanol–water partition coefficient (Wildman–Crippen LogP) is 3.95. The third-order valence-electron chi connectivity index (χ3n) is 5.22. The molecule has 2 atom stereocenters. The quantitative estimate of drug-likeness (QED) is 0.755. The Morgan fingerprint density at radius 3 is 2.33 bits per heavy atom. The first-order valence-electron chi connectivity index (χ1n) is 8.17. The largest absolute Gasteiger partial charge is 0.295 e. The van der Waals surface area contributed by atoms with Crippen LogP contribution in [0.1, 0.15) is 41.5 Å². The van der Waals surface area contributed by atoms with Gasteiger partial charge in [-0.05, 0) is 48.2 Å². The summed E-state index contributed by atoms with van der Waals surface area (Å²) >= 11 is 0. The Morgan fingerprint density at radius 1 is 1.00 bits per heavy atom. The predicted molar refractivity (Wildman–Crippen MR) is 102 cm³/mol. The highest BCUT2D eigenvalue weighted by atomic mass is 79.9. The maximum Gasteiger partial charge on any atom is 0.175 e. The van der Waals surface area contributed by atoms with E-state index in [9.17, 15) is 8.42 Å². The van der Waals surface area contributed by atoms with Crippen LogP contribution < -0.4 is 0 Å². The van der Waals surface area contributed by atoms with Gasteiger partial charge in [0.05, 0.1) is 4.90 Å². The number of hydrogen-bond acceptors (Lipinski definition) is 3. The van der Waals surface area contributed by atoms with Gasteiger partial charge in [-0.1, -0.05) is 36.4 Å². The Bertz CT molecular complexity index is 833. The summed E-state index contributed by atoms with van der Waals surface area (Å²) in [5.74, 6) is 0.328. The van der Waals surface area contributed by atoms with Crippen molar-refractivity contribution in [3.63, 3.8) is 0 Å². The van der Waals surface area contributed by atoms with E-state index in [2.05, 4.69) is 29.2 Å². The number of halogens is 1. The molecule has 0 N–H and O–H groups in total. The summed E-state index contributed by atoms with van der Waals surface area (Å²) in [5.41, 5.74) is 4.06. The van der Waals surface area contributed by atoms with Crippen molar-refractivity contribution in [2.75, 3.05) is 19.3 Å². The molecule has 128 valence electrons. The van der Waals surface area contributed by atoms with Crippen LogP contribution in [-0.4, -0.2) is 32.7 Å². The first-order chi connectivity index (χ1) is 11.0. The second kappa shape index (κ2) is 6.62. The normalized spacial score (nSPS) is 23.2. The highest BCUT2D eigenvalue weighted by molar-refractivity contribution is 8.93. The molecule has 4 rings (SSSR count). The van der Waals surface area contributed by atoms with Crippen LogP contribution in [0.15, 0.2) is 53.4 Å².